The lowest BCUT2D eigenvalue weighted by Crippen LogP contribution is -2.35. The van der Waals surface area contributed by atoms with E-state index in [2.05, 4.69) is 9.97 Å². The van der Waals surface area contributed by atoms with Gasteiger partial charge < -0.3 is 10.0 Å². The van der Waals surface area contributed by atoms with E-state index in [0.717, 1.165) is 31.4 Å². The molecule has 1 aliphatic carbocycles. The lowest BCUT2D eigenvalue weighted by atomic mass is 9.98. The van der Waals surface area contributed by atoms with Crippen molar-refractivity contribution < 1.29 is 9.90 Å². The first-order valence-electron chi connectivity index (χ1n) is 8.46. The van der Waals surface area contributed by atoms with E-state index in [1.54, 1.807) is 18.6 Å². The monoisotopic (exact) mass is 303 g/mol. The third-order valence-electron chi connectivity index (χ3n) is 5.01. The van der Waals surface area contributed by atoms with E-state index < -0.39 is 6.10 Å². The minimum atomic E-state index is -0.447. The van der Waals surface area contributed by atoms with Crippen molar-refractivity contribution in [2.75, 3.05) is 13.1 Å². The smallest absolute Gasteiger partial charge is 0.225 e. The Balaban J connectivity index is 1.58. The van der Waals surface area contributed by atoms with Crippen LogP contribution in [-0.4, -0.2) is 45.1 Å². The molecule has 2 fully saturated rings. The summed E-state index contributed by atoms with van der Waals surface area (Å²) in [7, 11) is 0. The number of β-amino-alcohol motifs (C(OH)–C–C–N with tert-alkyl or cyclic N) is 1. The number of carbonyl (C=O) groups excluding carboxylic acids is 1. The van der Waals surface area contributed by atoms with E-state index >= 15 is 0 Å². The first-order valence-corrected chi connectivity index (χ1v) is 8.46. The summed E-state index contributed by atoms with van der Waals surface area (Å²) in [6, 6.07) is 0. The highest BCUT2D eigenvalue weighted by molar-refractivity contribution is 5.79. The molecule has 2 atom stereocenters. The first-order chi connectivity index (χ1) is 10.7. The molecule has 5 heteroatoms. The van der Waals surface area contributed by atoms with Gasteiger partial charge in [0.15, 0.2) is 0 Å². The molecule has 2 unspecified atom stereocenters. The maximum atomic E-state index is 12.7. The molecule has 2 aliphatic rings. The van der Waals surface area contributed by atoms with Gasteiger partial charge in [0.25, 0.3) is 0 Å². The standard InChI is InChI=1S/C17H25N3O2/c21-16-12-20(17(22)13-5-3-1-2-4-6-13)11-14(16)9-15-10-18-7-8-19-15/h7-8,10,13-14,16,21H,1-6,9,11-12H2. The van der Waals surface area contributed by atoms with Crippen LogP contribution in [0.2, 0.25) is 0 Å². The van der Waals surface area contributed by atoms with Crippen LogP contribution in [0, 0.1) is 11.8 Å². The summed E-state index contributed by atoms with van der Waals surface area (Å²) in [4.78, 5) is 22.9. The molecule has 0 spiro atoms. The topological polar surface area (TPSA) is 66.3 Å². The van der Waals surface area contributed by atoms with Crippen molar-refractivity contribution in [1.82, 2.24) is 14.9 Å². The van der Waals surface area contributed by atoms with Crippen molar-refractivity contribution in [1.29, 1.82) is 0 Å². The van der Waals surface area contributed by atoms with Gasteiger partial charge in [0.2, 0.25) is 5.91 Å². The molecule has 1 amide bonds. The number of nitrogens with zero attached hydrogens (tertiary/aromatic N) is 3. The Hall–Kier alpha value is -1.49. The average molecular weight is 303 g/mol. The van der Waals surface area contributed by atoms with Gasteiger partial charge in [0, 0.05) is 43.5 Å². The second-order valence-electron chi connectivity index (χ2n) is 6.66. The Morgan fingerprint density at radius 2 is 1.95 bits per heavy atom. The zero-order valence-electron chi connectivity index (χ0n) is 13.0. The second kappa shape index (κ2) is 7.18. The zero-order valence-corrected chi connectivity index (χ0v) is 13.0. The SMILES string of the molecule is O=C(C1CCCCCC1)N1CC(O)C(Cc2cnccn2)C1. The summed E-state index contributed by atoms with van der Waals surface area (Å²) >= 11 is 0. The number of hydrogen-bond acceptors (Lipinski definition) is 4. The number of carbonyl (C=O) groups is 1. The number of rotatable bonds is 3. The van der Waals surface area contributed by atoms with E-state index in [9.17, 15) is 9.90 Å². The molecule has 1 saturated heterocycles. The summed E-state index contributed by atoms with van der Waals surface area (Å²) in [6.45, 7) is 1.12. The molecule has 0 bridgehead atoms. The highest BCUT2D eigenvalue weighted by atomic mass is 16.3. The van der Waals surface area contributed by atoms with Crippen LogP contribution in [0.1, 0.15) is 44.2 Å². The summed E-state index contributed by atoms with van der Waals surface area (Å²) in [5.74, 6) is 0.499. The number of hydrogen-bond donors (Lipinski definition) is 1. The molecular formula is C17H25N3O2. The van der Waals surface area contributed by atoms with Crippen LogP contribution in [0.15, 0.2) is 18.6 Å². The predicted molar refractivity (Wildman–Crippen MR) is 83.0 cm³/mol. The van der Waals surface area contributed by atoms with Crippen molar-refractivity contribution in [3.8, 4) is 0 Å². The molecule has 0 radical (unpaired) electrons. The van der Waals surface area contributed by atoms with Crippen molar-refractivity contribution in [3.05, 3.63) is 24.3 Å². The Labute approximate surface area is 131 Å². The molecule has 1 aliphatic heterocycles. The number of likely N-dealkylation sites (tertiary alicyclic amines) is 1. The Bertz CT molecular complexity index is 486. The van der Waals surface area contributed by atoms with Crippen molar-refractivity contribution in [2.24, 2.45) is 11.8 Å². The van der Waals surface area contributed by atoms with Gasteiger partial charge in [0.1, 0.15) is 0 Å². The molecule has 3 rings (SSSR count). The van der Waals surface area contributed by atoms with Crippen LogP contribution in [0.3, 0.4) is 0 Å². The molecule has 22 heavy (non-hydrogen) atoms. The fourth-order valence-corrected chi connectivity index (χ4v) is 3.72. The highest BCUT2D eigenvalue weighted by Gasteiger charge is 2.36. The molecule has 5 nitrogen and oxygen atoms in total. The molecule has 1 aromatic heterocycles. The van der Waals surface area contributed by atoms with Crippen LogP contribution in [0.4, 0.5) is 0 Å². The van der Waals surface area contributed by atoms with Gasteiger partial charge in [-0.1, -0.05) is 25.7 Å². The van der Waals surface area contributed by atoms with E-state index in [-0.39, 0.29) is 17.7 Å². The van der Waals surface area contributed by atoms with E-state index in [1.807, 2.05) is 4.90 Å². The summed E-state index contributed by atoms with van der Waals surface area (Å²) < 4.78 is 0. The van der Waals surface area contributed by atoms with Crippen LogP contribution in [0.25, 0.3) is 0 Å². The van der Waals surface area contributed by atoms with Crippen LogP contribution in [0.5, 0.6) is 0 Å². The van der Waals surface area contributed by atoms with E-state index in [1.165, 1.54) is 12.8 Å². The van der Waals surface area contributed by atoms with Crippen LogP contribution >= 0.6 is 0 Å². The first kappa shape index (κ1) is 15.4. The van der Waals surface area contributed by atoms with Crippen molar-refractivity contribution in [3.63, 3.8) is 0 Å². The van der Waals surface area contributed by atoms with E-state index in [0.29, 0.717) is 19.5 Å². The quantitative estimate of drug-likeness (QED) is 0.865. The van der Waals surface area contributed by atoms with Crippen molar-refractivity contribution in [2.45, 2.75) is 51.0 Å². The maximum Gasteiger partial charge on any atom is 0.225 e. The van der Waals surface area contributed by atoms with Crippen LogP contribution in [-0.2, 0) is 11.2 Å². The molecular weight excluding hydrogens is 278 g/mol. The molecule has 1 aromatic rings. The van der Waals surface area contributed by atoms with Gasteiger partial charge in [-0.05, 0) is 19.3 Å². The van der Waals surface area contributed by atoms with E-state index in [4.69, 9.17) is 0 Å². The minimum absolute atomic E-state index is 0.0754. The van der Waals surface area contributed by atoms with Gasteiger partial charge >= 0.3 is 0 Å². The highest BCUT2D eigenvalue weighted by Crippen LogP contribution is 2.28. The van der Waals surface area contributed by atoms with Gasteiger partial charge in [-0.3, -0.25) is 14.8 Å². The second-order valence-corrected chi connectivity index (χ2v) is 6.66. The normalized spacial score (nSPS) is 26.9. The Morgan fingerprint density at radius 1 is 1.18 bits per heavy atom. The average Bonchev–Trinajstić information content (AvgIpc) is 2.76. The minimum Gasteiger partial charge on any atom is -0.391 e. The van der Waals surface area contributed by atoms with Crippen molar-refractivity contribution >= 4 is 5.91 Å². The summed E-state index contributed by atoms with van der Waals surface area (Å²) in [5, 5.41) is 10.3. The Morgan fingerprint density at radius 3 is 2.64 bits per heavy atom. The van der Waals surface area contributed by atoms with Gasteiger partial charge in [-0.2, -0.15) is 0 Å². The van der Waals surface area contributed by atoms with Gasteiger partial charge in [-0.25, -0.2) is 0 Å². The third kappa shape index (κ3) is 3.64. The molecule has 1 N–H and O–H groups in total. The predicted octanol–water partition coefficient (Wildman–Crippen LogP) is 1.81. The fourth-order valence-electron chi connectivity index (χ4n) is 3.72. The number of aromatic nitrogens is 2. The lowest BCUT2D eigenvalue weighted by Gasteiger charge is -2.22. The largest absolute Gasteiger partial charge is 0.391 e. The number of amides is 1. The maximum absolute atomic E-state index is 12.7. The fraction of sp³-hybridized carbons (Fsp3) is 0.706. The number of aliphatic hydroxyl groups excluding tert-OH is 1. The van der Waals surface area contributed by atoms with Gasteiger partial charge in [-0.15, -0.1) is 0 Å². The number of aliphatic hydroxyl groups is 1. The lowest BCUT2D eigenvalue weighted by molar-refractivity contribution is -0.135. The van der Waals surface area contributed by atoms with Crippen LogP contribution < -0.4 is 0 Å². The zero-order chi connectivity index (χ0) is 15.4. The summed E-state index contributed by atoms with van der Waals surface area (Å²) in [6.07, 6.45) is 12.2. The van der Waals surface area contributed by atoms with Gasteiger partial charge in [0.05, 0.1) is 11.8 Å². The molecule has 120 valence electrons. The molecule has 2 heterocycles. The molecule has 0 aromatic carbocycles. The summed E-state index contributed by atoms with van der Waals surface area (Å²) in [5.41, 5.74) is 0.885. The molecule has 1 saturated carbocycles. The third-order valence-corrected chi connectivity index (χ3v) is 5.01. The Kier molecular flexibility index (Phi) is 5.03.